The third-order valence-electron chi connectivity index (χ3n) is 8.90. The van der Waals surface area contributed by atoms with Crippen LogP contribution in [0.2, 0.25) is 0 Å². The first-order valence-electron chi connectivity index (χ1n) is 14.8. The number of carbonyl (C=O) groups excluding carboxylic acids is 2. The third-order valence-corrected chi connectivity index (χ3v) is 9.46. The zero-order valence-electron chi connectivity index (χ0n) is 25.8. The normalized spacial score (nSPS) is 16.2. The summed E-state index contributed by atoms with van der Waals surface area (Å²) in [4.78, 5) is 24.7. The zero-order valence-corrected chi connectivity index (χ0v) is 26.6. The Morgan fingerprint density at radius 2 is 1.57 bits per heavy atom. The van der Waals surface area contributed by atoms with Gasteiger partial charge in [0.15, 0.2) is 0 Å². The fourth-order valence-corrected chi connectivity index (χ4v) is 6.75. The number of rotatable bonds is 10. The number of nitrogens with one attached hydrogen (secondary N) is 1. The van der Waals surface area contributed by atoms with Crippen molar-refractivity contribution in [1.82, 2.24) is 4.72 Å². The van der Waals surface area contributed by atoms with Gasteiger partial charge in [-0.15, -0.1) is 0 Å². The van der Waals surface area contributed by atoms with E-state index >= 15 is 0 Å². The molecule has 4 rings (SSSR count). The number of ether oxygens (including phenoxy) is 1. The van der Waals surface area contributed by atoms with Gasteiger partial charge in [-0.25, -0.2) is 17.9 Å². The highest BCUT2D eigenvalue weighted by atomic mass is 32.2. The number of nitrogen functional groups attached to an aromatic ring is 1. The van der Waals surface area contributed by atoms with Crippen molar-refractivity contribution in [1.29, 1.82) is 0 Å². The molecule has 1 aliphatic rings. The Labute approximate surface area is 260 Å². The van der Waals surface area contributed by atoms with E-state index < -0.39 is 39.0 Å². The van der Waals surface area contributed by atoms with Crippen molar-refractivity contribution in [2.24, 2.45) is 11.1 Å². The van der Waals surface area contributed by atoms with Crippen LogP contribution in [0.5, 0.6) is 0 Å². The lowest BCUT2D eigenvalue weighted by Crippen LogP contribution is -2.46. The van der Waals surface area contributed by atoms with Crippen molar-refractivity contribution in [3.8, 4) is 11.1 Å². The molecule has 0 aromatic heterocycles. The smallest absolute Gasteiger partial charge is 0.404 e. The molecule has 2 atom stereocenters. The molecule has 1 saturated carbocycles. The number of nitrogens with two attached hydrogens (primary N) is 2. The summed E-state index contributed by atoms with van der Waals surface area (Å²) in [5.41, 5.74) is 15.1. The van der Waals surface area contributed by atoms with Gasteiger partial charge in [-0.05, 0) is 76.6 Å². The molecule has 1 unspecified atom stereocenters. The molecule has 0 saturated heterocycles. The van der Waals surface area contributed by atoms with Crippen LogP contribution in [0.25, 0.3) is 11.1 Å². The second kappa shape index (κ2) is 13.0. The van der Waals surface area contributed by atoms with Crippen LogP contribution in [0.1, 0.15) is 91.9 Å². The highest BCUT2D eigenvalue weighted by molar-refractivity contribution is 7.89. The van der Waals surface area contributed by atoms with Gasteiger partial charge >= 0.3 is 6.09 Å². The number of aliphatic hydroxyl groups is 1. The molecular formula is C34H43N3O6S. The fraction of sp³-hybridized carbons (Fsp3) is 0.412. The van der Waals surface area contributed by atoms with Crippen molar-refractivity contribution >= 4 is 27.7 Å². The number of primary amides is 1. The van der Waals surface area contributed by atoms with Gasteiger partial charge in [-0.1, -0.05) is 82.1 Å². The van der Waals surface area contributed by atoms with Crippen molar-refractivity contribution in [2.75, 3.05) is 18.6 Å². The molecule has 0 radical (unpaired) electrons. The van der Waals surface area contributed by atoms with E-state index in [1.54, 1.807) is 30.3 Å². The number of benzene rings is 3. The Balaban J connectivity index is 1.74. The Morgan fingerprint density at radius 1 is 0.977 bits per heavy atom. The first-order chi connectivity index (χ1) is 20.6. The summed E-state index contributed by atoms with van der Waals surface area (Å²) in [6.45, 7) is 6.08. The van der Waals surface area contributed by atoms with Crippen molar-refractivity contribution < 1.29 is 27.9 Å². The van der Waals surface area contributed by atoms with Gasteiger partial charge in [0, 0.05) is 16.7 Å². The SMILES string of the molecule is CC(C)(C)C(COC(N)=O)(C[C@@H](O)c1ccc(N)cc1)c1ccc(-c2ccc(C(=O)NS(C)(=O)=O)c(C3CCCC3)c2)cc1. The summed E-state index contributed by atoms with van der Waals surface area (Å²) in [5.74, 6) is -0.454. The maximum absolute atomic E-state index is 12.9. The minimum absolute atomic E-state index is 0.0345. The van der Waals surface area contributed by atoms with Gasteiger partial charge in [0.05, 0.1) is 12.4 Å². The predicted molar refractivity (Wildman–Crippen MR) is 172 cm³/mol. The monoisotopic (exact) mass is 621 g/mol. The topological polar surface area (TPSA) is 162 Å². The molecule has 236 valence electrons. The van der Waals surface area contributed by atoms with E-state index in [1.807, 2.05) is 57.2 Å². The molecule has 2 amide bonds. The number of hydrogen-bond acceptors (Lipinski definition) is 7. The molecule has 44 heavy (non-hydrogen) atoms. The van der Waals surface area contributed by atoms with Crippen LogP contribution in [-0.2, 0) is 20.2 Å². The maximum atomic E-state index is 12.9. The number of sulfonamides is 1. The number of aliphatic hydroxyl groups excluding tert-OH is 1. The standard InChI is InChI=1S/C34H43N3O6S/c1-33(2,3)34(21-43-32(36)40,20-30(38)24-11-16-27(35)17-12-24)26-14-9-22(10-15-26)25-13-18-28(31(39)37-44(4,41)42)29(19-25)23-7-5-6-8-23/h9-19,23,30,38H,5-8,20-21,35H2,1-4H3,(H2,36,40)(H,37,39)/t30-,34?/m1/s1. The Bertz CT molecular complexity index is 1590. The molecule has 0 aliphatic heterocycles. The summed E-state index contributed by atoms with van der Waals surface area (Å²) in [6.07, 6.45) is 3.45. The predicted octanol–water partition coefficient (Wildman–Crippen LogP) is 5.79. The molecule has 6 N–H and O–H groups in total. The average molecular weight is 622 g/mol. The number of carbonyl (C=O) groups is 2. The first kappa shape index (κ1) is 33.0. The molecule has 1 fully saturated rings. The second-order valence-corrected chi connectivity index (χ2v) is 14.6. The van der Waals surface area contributed by atoms with E-state index in [1.165, 1.54) is 0 Å². The molecule has 3 aromatic rings. The number of anilines is 1. The van der Waals surface area contributed by atoms with Crippen molar-refractivity contribution in [3.05, 3.63) is 89.0 Å². The Morgan fingerprint density at radius 3 is 2.11 bits per heavy atom. The first-order valence-corrected chi connectivity index (χ1v) is 16.7. The van der Waals surface area contributed by atoms with E-state index in [0.717, 1.165) is 54.2 Å². The van der Waals surface area contributed by atoms with Gasteiger partial charge in [0.2, 0.25) is 10.0 Å². The summed E-state index contributed by atoms with van der Waals surface area (Å²) in [5, 5.41) is 11.4. The van der Waals surface area contributed by atoms with Crippen LogP contribution >= 0.6 is 0 Å². The lowest BCUT2D eigenvalue weighted by atomic mass is 9.60. The average Bonchev–Trinajstić information content (AvgIpc) is 3.49. The number of amides is 2. The molecule has 0 spiro atoms. The van der Waals surface area contributed by atoms with E-state index in [4.69, 9.17) is 16.2 Å². The highest BCUT2D eigenvalue weighted by Gasteiger charge is 2.46. The third kappa shape index (κ3) is 7.60. The maximum Gasteiger partial charge on any atom is 0.404 e. The largest absolute Gasteiger partial charge is 0.449 e. The van der Waals surface area contributed by atoms with E-state index in [0.29, 0.717) is 16.8 Å². The zero-order chi connectivity index (χ0) is 32.3. The molecule has 9 nitrogen and oxygen atoms in total. The summed E-state index contributed by atoms with van der Waals surface area (Å²) < 4.78 is 31.1. The van der Waals surface area contributed by atoms with Gasteiger partial charge in [-0.2, -0.15) is 0 Å². The van der Waals surface area contributed by atoms with Crippen LogP contribution < -0.4 is 16.2 Å². The van der Waals surface area contributed by atoms with E-state index in [2.05, 4.69) is 4.72 Å². The lowest BCUT2D eigenvalue weighted by Gasteiger charge is -2.46. The summed E-state index contributed by atoms with van der Waals surface area (Å²) >= 11 is 0. The Hall–Kier alpha value is -3.89. The molecule has 3 aromatic carbocycles. The minimum Gasteiger partial charge on any atom is -0.449 e. The van der Waals surface area contributed by atoms with Crippen LogP contribution in [-0.4, -0.2) is 38.4 Å². The number of hydrogen-bond donors (Lipinski definition) is 4. The fourth-order valence-electron chi connectivity index (χ4n) is 6.30. The molecule has 1 aliphatic carbocycles. The van der Waals surface area contributed by atoms with Gasteiger partial charge in [-0.3, -0.25) is 4.79 Å². The lowest BCUT2D eigenvalue weighted by molar-refractivity contribution is 0.0224. The van der Waals surface area contributed by atoms with Crippen LogP contribution in [0.4, 0.5) is 10.5 Å². The van der Waals surface area contributed by atoms with E-state index in [9.17, 15) is 23.1 Å². The molecule has 0 bridgehead atoms. The van der Waals surface area contributed by atoms with Crippen LogP contribution in [0, 0.1) is 5.41 Å². The van der Waals surface area contributed by atoms with Gasteiger partial charge in [0.25, 0.3) is 5.91 Å². The van der Waals surface area contributed by atoms with E-state index in [-0.39, 0.29) is 18.9 Å². The van der Waals surface area contributed by atoms with Crippen molar-refractivity contribution in [3.63, 3.8) is 0 Å². The molecule has 10 heteroatoms. The van der Waals surface area contributed by atoms with Crippen molar-refractivity contribution in [2.45, 2.75) is 70.3 Å². The minimum atomic E-state index is -3.71. The summed E-state index contributed by atoms with van der Waals surface area (Å²) in [7, 11) is -3.71. The molecule has 0 heterocycles. The van der Waals surface area contributed by atoms with Crippen LogP contribution in [0.3, 0.4) is 0 Å². The quantitative estimate of drug-likeness (QED) is 0.208. The molecular weight excluding hydrogens is 578 g/mol. The highest BCUT2D eigenvalue weighted by Crippen LogP contribution is 2.48. The Kier molecular flexibility index (Phi) is 9.75. The summed E-state index contributed by atoms with van der Waals surface area (Å²) in [6, 6.07) is 20.4. The van der Waals surface area contributed by atoms with Gasteiger partial charge < -0.3 is 21.3 Å². The van der Waals surface area contributed by atoms with Crippen LogP contribution in [0.15, 0.2) is 66.7 Å². The van der Waals surface area contributed by atoms with Gasteiger partial charge in [0.1, 0.15) is 6.61 Å². The second-order valence-electron chi connectivity index (χ2n) is 12.9.